The first-order valence-electron chi connectivity index (χ1n) is 10.2. The molecule has 0 fully saturated rings. The van der Waals surface area contributed by atoms with Gasteiger partial charge in [-0.15, -0.1) is 11.3 Å². The molecule has 0 spiro atoms. The minimum absolute atomic E-state index is 0.00262. The van der Waals surface area contributed by atoms with Crippen molar-refractivity contribution in [2.75, 3.05) is 0 Å². The van der Waals surface area contributed by atoms with E-state index < -0.39 is 4.92 Å². The second-order valence-electron chi connectivity index (χ2n) is 7.50. The first-order chi connectivity index (χ1) is 16.1. The lowest BCUT2D eigenvalue weighted by atomic mass is 10.2. The number of non-ortho nitro benzene ring substituents is 1. The molecule has 8 heteroatoms. The minimum Gasteiger partial charge on any atom is -0.342 e. The summed E-state index contributed by atoms with van der Waals surface area (Å²) >= 11 is 1.27. The van der Waals surface area contributed by atoms with Gasteiger partial charge in [-0.05, 0) is 23.8 Å². The molecular formula is C25H18N4O3S. The lowest BCUT2D eigenvalue weighted by molar-refractivity contribution is -0.384. The molecule has 2 aromatic heterocycles. The molecule has 7 nitrogen and oxygen atoms in total. The molecule has 162 valence electrons. The second kappa shape index (κ2) is 8.68. The number of nitrogens with zero attached hydrogens (tertiary/aromatic N) is 3. The Kier molecular flexibility index (Phi) is 5.42. The number of hydrogen-bond donors (Lipinski definition) is 1. The van der Waals surface area contributed by atoms with Crippen LogP contribution in [0.5, 0.6) is 0 Å². The summed E-state index contributed by atoms with van der Waals surface area (Å²) in [5.41, 5.74) is 5.74. The fourth-order valence-corrected chi connectivity index (χ4v) is 4.69. The molecule has 3 aromatic carbocycles. The molecule has 0 aliphatic heterocycles. The van der Waals surface area contributed by atoms with E-state index in [1.807, 2.05) is 42.6 Å². The van der Waals surface area contributed by atoms with Crippen molar-refractivity contribution in [3.05, 3.63) is 111 Å². The van der Waals surface area contributed by atoms with Gasteiger partial charge >= 0.3 is 0 Å². The van der Waals surface area contributed by atoms with E-state index in [0.29, 0.717) is 10.3 Å². The number of para-hydroxylation sites is 1. The van der Waals surface area contributed by atoms with Crippen molar-refractivity contribution in [3.63, 3.8) is 0 Å². The van der Waals surface area contributed by atoms with Crippen LogP contribution in [-0.4, -0.2) is 21.6 Å². The van der Waals surface area contributed by atoms with Gasteiger partial charge in [0.1, 0.15) is 0 Å². The number of nitrogens with one attached hydrogen (secondary N) is 1. The van der Waals surface area contributed by atoms with E-state index in [9.17, 15) is 14.9 Å². The van der Waals surface area contributed by atoms with Crippen molar-refractivity contribution in [2.45, 2.75) is 6.54 Å². The van der Waals surface area contributed by atoms with Crippen LogP contribution in [0.25, 0.3) is 21.0 Å². The van der Waals surface area contributed by atoms with Crippen LogP contribution in [0.2, 0.25) is 0 Å². The van der Waals surface area contributed by atoms with Crippen LogP contribution in [0, 0.1) is 10.1 Å². The number of amides is 1. The fraction of sp³-hybridized carbons (Fsp3) is 0.0400. The zero-order valence-electron chi connectivity index (χ0n) is 17.3. The van der Waals surface area contributed by atoms with Crippen molar-refractivity contribution in [3.8, 4) is 0 Å². The van der Waals surface area contributed by atoms with Crippen molar-refractivity contribution < 1.29 is 9.72 Å². The smallest absolute Gasteiger partial charge is 0.281 e. The van der Waals surface area contributed by atoms with Crippen molar-refractivity contribution in [1.29, 1.82) is 0 Å². The molecule has 5 rings (SSSR count). The number of hydrazone groups is 1. The normalized spacial score (nSPS) is 11.4. The number of thiophene rings is 1. The fourth-order valence-electron chi connectivity index (χ4n) is 3.76. The standard InChI is InChI=1S/C25H18N4O3S/c30-25(24-13-18-12-20(29(31)32)10-11-23(18)33-24)27-26-14-19-16-28(15-17-6-2-1-3-7-17)22-9-5-4-8-21(19)22/h1-14,16H,15H2,(H,27,30)/b26-14-. The highest BCUT2D eigenvalue weighted by Gasteiger charge is 2.13. The quantitative estimate of drug-likeness (QED) is 0.206. The molecule has 0 saturated carbocycles. The van der Waals surface area contributed by atoms with E-state index in [0.717, 1.165) is 27.7 Å². The number of nitro groups is 1. The molecule has 0 bridgehead atoms. The maximum atomic E-state index is 12.6. The van der Waals surface area contributed by atoms with Gasteiger partial charge < -0.3 is 4.57 Å². The Hall–Kier alpha value is -4.30. The number of carbonyl (C=O) groups excluding carboxylic acids is 1. The predicted octanol–water partition coefficient (Wildman–Crippen LogP) is 5.58. The van der Waals surface area contributed by atoms with Gasteiger partial charge in [0.25, 0.3) is 11.6 Å². The number of nitro benzene ring substituents is 1. The van der Waals surface area contributed by atoms with Gasteiger partial charge in [0.15, 0.2) is 0 Å². The maximum absolute atomic E-state index is 12.6. The summed E-state index contributed by atoms with van der Waals surface area (Å²) in [6.07, 6.45) is 3.66. The van der Waals surface area contributed by atoms with Crippen LogP contribution < -0.4 is 5.43 Å². The topological polar surface area (TPSA) is 89.5 Å². The minimum atomic E-state index is -0.449. The third-order valence-electron chi connectivity index (χ3n) is 5.32. The van der Waals surface area contributed by atoms with Crippen LogP contribution in [0.3, 0.4) is 0 Å². The van der Waals surface area contributed by atoms with E-state index in [2.05, 4.69) is 33.3 Å². The molecule has 0 radical (unpaired) electrons. The molecule has 0 atom stereocenters. The van der Waals surface area contributed by atoms with E-state index in [1.165, 1.54) is 29.0 Å². The first kappa shape index (κ1) is 20.6. The monoisotopic (exact) mass is 454 g/mol. The molecule has 0 saturated heterocycles. The summed E-state index contributed by atoms with van der Waals surface area (Å²) in [5.74, 6) is -0.358. The van der Waals surface area contributed by atoms with Gasteiger partial charge in [0.05, 0.1) is 16.0 Å². The van der Waals surface area contributed by atoms with Gasteiger partial charge in [0.2, 0.25) is 0 Å². The van der Waals surface area contributed by atoms with Gasteiger partial charge in [-0.3, -0.25) is 14.9 Å². The molecule has 0 aliphatic rings. The zero-order valence-corrected chi connectivity index (χ0v) is 18.2. The van der Waals surface area contributed by atoms with E-state index >= 15 is 0 Å². The number of aromatic nitrogens is 1. The Morgan fingerprint density at radius 1 is 1.06 bits per heavy atom. The van der Waals surface area contributed by atoms with Crippen LogP contribution >= 0.6 is 11.3 Å². The molecular weight excluding hydrogens is 436 g/mol. The Morgan fingerprint density at radius 3 is 2.67 bits per heavy atom. The third-order valence-corrected chi connectivity index (χ3v) is 6.43. The molecule has 2 heterocycles. The summed E-state index contributed by atoms with van der Waals surface area (Å²) in [6.45, 7) is 0.732. The second-order valence-corrected chi connectivity index (χ2v) is 8.59. The summed E-state index contributed by atoms with van der Waals surface area (Å²) < 4.78 is 2.96. The number of fused-ring (bicyclic) bond motifs is 2. The summed E-state index contributed by atoms with van der Waals surface area (Å²) in [4.78, 5) is 23.5. The van der Waals surface area contributed by atoms with Gasteiger partial charge in [-0.1, -0.05) is 48.5 Å². The van der Waals surface area contributed by atoms with Crippen LogP contribution in [-0.2, 0) is 6.54 Å². The Balaban J connectivity index is 1.36. The molecule has 33 heavy (non-hydrogen) atoms. The highest BCUT2D eigenvalue weighted by Crippen LogP contribution is 2.29. The Morgan fingerprint density at radius 2 is 1.85 bits per heavy atom. The predicted molar refractivity (Wildman–Crippen MR) is 131 cm³/mol. The molecule has 1 amide bonds. The van der Waals surface area contributed by atoms with Crippen LogP contribution in [0.15, 0.2) is 90.2 Å². The highest BCUT2D eigenvalue weighted by molar-refractivity contribution is 7.20. The number of carbonyl (C=O) groups is 1. The summed E-state index contributed by atoms with van der Waals surface area (Å²) in [5, 5.41) is 16.8. The largest absolute Gasteiger partial charge is 0.342 e. The Bertz CT molecular complexity index is 1520. The summed E-state index contributed by atoms with van der Waals surface area (Å²) in [7, 11) is 0. The van der Waals surface area contributed by atoms with Crippen molar-refractivity contribution >= 4 is 50.1 Å². The van der Waals surface area contributed by atoms with E-state index in [1.54, 1.807) is 18.3 Å². The first-order valence-corrected chi connectivity index (χ1v) is 11.0. The van der Waals surface area contributed by atoms with Gasteiger partial charge in [-0.2, -0.15) is 5.10 Å². The zero-order chi connectivity index (χ0) is 22.8. The van der Waals surface area contributed by atoms with Gasteiger partial charge in [-0.25, -0.2) is 5.43 Å². The van der Waals surface area contributed by atoms with Crippen molar-refractivity contribution in [2.24, 2.45) is 5.10 Å². The van der Waals surface area contributed by atoms with Crippen molar-refractivity contribution in [1.82, 2.24) is 9.99 Å². The lowest BCUT2D eigenvalue weighted by Crippen LogP contribution is -2.16. The lowest BCUT2D eigenvalue weighted by Gasteiger charge is -2.05. The number of hydrogen-bond acceptors (Lipinski definition) is 5. The Labute approximate surface area is 192 Å². The average molecular weight is 455 g/mol. The summed E-state index contributed by atoms with van der Waals surface area (Å²) in [6, 6.07) is 24.5. The molecule has 5 aromatic rings. The number of benzene rings is 3. The SMILES string of the molecule is O=C(N/N=C\c1cn(Cc2ccccc2)c2ccccc12)c1cc2cc([N+](=O)[O-])ccc2s1. The third kappa shape index (κ3) is 4.24. The van der Waals surface area contributed by atoms with Gasteiger partial charge in [0, 0.05) is 51.4 Å². The molecule has 1 N–H and O–H groups in total. The highest BCUT2D eigenvalue weighted by atomic mass is 32.1. The van der Waals surface area contributed by atoms with Crippen LogP contribution in [0.1, 0.15) is 20.8 Å². The molecule has 0 unspecified atom stereocenters. The number of rotatable bonds is 6. The molecule has 0 aliphatic carbocycles. The van der Waals surface area contributed by atoms with E-state index in [4.69, 9.17) is 0 Å². The van der Waals surface area contributed by atoms with Crippen LogP contribution in [0.4, 0.5) is 5.69 Å². The average Bonchev–Trinajstić information content (AvgIpc) is 3.41. The maximum Gasteiger partial charge on any atom is 0.281 e. The van der Waals surface area contributed by atoms with E-state index in [-0.39, 0.29) is 11.6 Å².